The molecule has 0 unspecified atom stereocenters. The molecule has 0 amide bonds. The Kier molecular flexibility index (Phi) is 3.92. The summed E-state index contributed by atoms with van der Waals surface area (Å²) < 4.78 is 8.05. The molecule has 2 aromatic rings. The third-order valence-corrected chi connectivity index (χ3v) is 3.40. The fourth-order valence-corrected chi connectivity index (χ4v) is 2.32. The van der Waals surface area contributed by atoms with Crippen LogP contribution in [0.25, 0.3) is 5.52 Å². The lowest BCUT2D eigenvalue weighted by atomic mass is 10.3. The Morgan fingerprint density at radius 1 is 1.65 bits per heavy atom. The number of thioether (sulfide) groups is 1. The molecular formula is C11H10BrN3OS. The Labute approximate surface area is 112 Å². The van der Waals surface area contributed by atoms with E-state index in [1.807, 2.05) is 12.3 Å². The first-order valence-electron chi connectivity index (χ1n) is 4.95. The van der Waals surface area contributed by atoms with E-state index in [-0.39, 0.29) is 0 Å². The second kappa shape index (κ2) is 5.43. The van der Waals surface area contributed by atoms with Gasteiger partial charge < -0.3 is 4.74 Å². The van der Waals surface area contributed by atoms with Crippen LogP contribution in [0.2, 0.25) is 0 Å². The van der Waals surface area contributed by atoms with Crippen LogP contribution in [0.5, 0.6) is 5.75 Å². The molecule has 88 valence electrons. The minimum absolute atomic E-state index is 0.549. The van der Waals surface area contributed by atoms with E-state index in [1.165, 1.54) is 0 Å². The summed E-state index contributed by atoms with van der Waals surface area (Å²) in [7, 11) is 0. The number of nitriles is 1. The predicted octanol–water partition coefficient (Wildman–Crippen LogP) is 2.71. The van der Waals surface area contributed by atoms with Crippen LogP contribution in [0.4, 0.5) is 0 Å². The minimum Gasteiger partial charge on any atom is -0.491 e. The van der Waals surface area contributed by atoms with Gasteiger partial charge >= 0.3 is 0 Å². The van der Waals surface area contributed by atoms with Crippen LogP contribution in [0, 0.1) is 11.3 Å². The van der Waals surface area contributed by atoms with Gasteiger partial charge in [-0.2, -0.15) is 22.1 Å². The Hall–Kier alpha value is -1.19. The Morgan fingerprint density at radius 2 is 2.47 bits per heavy atom. The molecule has 0 fully saturated rings. The van der Waals surface area contributed by atoms with Gasteiger partial charge in [0.25, 0.3) is 0 Å². The van der Waals surface area contributed by atoms with Crippen LogP contribution in [0.3, 0.4) is 0 Å². The number of pyridine rings is 1. The van der Waals surface area contributed by atoms with Crippen LogP contribution < -0.4 is 4.74 Å². The first-order valence-corrected chi connectivity index (χ1v) is 7.13. The summed E-state index contributed by atoms with van der Waals surface area (Å²) in [5.74, 6) is 1.68. The molecule has 0 radical (unpaired) electrons. The molecule has 0 bridgehead atoms. The van der Waals surface area contributed by atoms with E-state index in [0.29, 0.717) is 12.2 Å². The van der Waals surface area contributed by atoms with Crippen LogP contribution in [-0.2, 0) is 0 Å². The summed E-state index contributed by atoms with van der Waals surface area (Å²) in [5.41, 5.74) is 1.32. The zero-order chi connectivity index (χ0) is 12.3. The summed E-state index contributed by atoms with van der Waals surface area (Å²) in [4.78, 5) is 0. The molecule has 0 aliphatic rings. The lowest BCUT2D eigenvalue weighted by molar-refractivity contribution is 0.341. The first kappa shape index (κ1) is 12.3. The molecule has 0 aliphatic heterocycles. The average molecular weight is 312 g/mol. The van der Waals surface area contributed by atoms with Crippen molar-refractivity contribution in [2.45, 2.75) is 0 Å². The van der Waals surface area contributed by atoms with Crippen molar-refractivity contribution in [3.05, 3.63) is 28.5 Å². The molecule has 17 heavy (non-hydrogen) atoms. The van der Waals surface area contributed by atoms with Gasteiger partial charge in [0.05, 0.1) is 30.1 Å². The molecule has 0 saturated carbocycles. The number of hydrogen-bond donors (Lipinski definition) is 0. The van der Waals surface area contributed by atoms with Crippen molar-refractivity contribution in [1.82, 2.24) is 9.61 Å². The third-order valence-electron chi connectivity index (χ3n) is 2.22. The minimum atomic E-state index is 0.549. The number of halogens is 1. The zero-order valence-corrected chi connectivity index (χ0v) is 11.6. The van der Waals surface area contributed by atoms with Gasteiger partial charge in [-0.15, -0.1) is 0 Å². The third kappa shape index (κ3) is 2.56. The molecule has 0 spiro atoms. The van der Waals surface area contributed by atoms with Crippen molar-refractivity contribution < 1.29 is 4.74 Å². The highest BCUT2D eigenvalue weighted by Gasteiger charge is 2.09. The topological polar surface area (TPSA) is 50.3 Å². The Morgan fingerprint density at radius 3 is 3.18 bits per heavy atom. The fourth-order valence-electron chi connectivity index (χ4n) is 1.45. The Bertz CT molecular complexity index is 576. The SMILES string of the molecule is CSCCOc1cc(Br)c2c(C#N)cnn2c1. The summed E-state index contributed by atoms with van der Waals surface area (Å²) in [5, 5.41) is 13.1. The van der Waals surface area contributed by atoms with Crippen molar-refractivity contribution in [2.75, 3.05) is 18.6 Å². The van der Waals surface area contributed by atoms with Crippen molar-refractivity contribution >= 4 is 33.2 Å². The quantitative estimate of drug-likeness (QED) is 0.815. The van der Waals surface area contributed by atoms with Gasteiger partial charge in [-0.3, -0.25) is 0 Å². The second-order valence-corrected chi connectivity index (χ2v) is 5.17. The normalized spacial score (nSPS) is 10.4. The highest BCUT2D eigenvalue weighted by molar-refractivity contribution is 9.10. The molecule has 6 heteroatoms. The largest absolute Gasteiger partial charge is 0.491 e. The van der Waals surface area contributed by atoms with E-state index in [0.717, 1.165) is 21.5 Å². The van der Waals surface area contributed by atoms with E-state index >= 15 is 0 Å². The predicted molar refractivity (Wildman–Crippen MR) is 71.5 cm³/mol. The number of hydrogen-bond acceptors (Lipinski definition) is 4. The van der Waals surface area contributed by atoms with E-state index in [1.54, 1.807) is 28.7 Å². The van der Waals surface area contributed by atoms with Crippen molar-refractivity contribution in [2.24, 2.45) is 0 Å². The number of aromatic nitrogens is 2. The molecule has 4 nitrogen and oxygen atoms in total. The van der Waals surface area contributed by atoms with Crippen molar-refractivity contribution in [1.29, 1.82) is 5.26 Å². The first-order chi connectivity index (χ1) is 8.26. The maximum Gasteiger partial charge on any atom is 0.138 e. The van der Waals surface area contributed by atoms with Crippen LogP contribution >= 0.6 is 27.7 Å². The molecule has 0 saturated heterocycles. The van der Waals surface area contributed by atoms with E-state index in [2.05, 4.69) is 27.1 Å². The number of rotatable bonds is 4. The molecule has 0 atom stereocenters. The lowest BCUT2D eigenvalue weighted by Gasteiger charge is -2.06. The summed E-state index contributed by atoms with van der Waals surface area (Å²) in [6.07, 6.45) is 5.36. The van der Waals surface area contributed by atoms with Crippen molar-refractivity contribution in [3.63, 3.8) is 0 Å². The van der Waals surface area contributed by atoms with E-state index in [9.17, 15) is 0 Å². The second-order valence-electron chi connectivity index (χ2n) is 3.33. The monoisotopic (exact) mass is 311 g/mol. The molecular weight excluding hydrogens is 302 g/mol. The number of ether oxygens (including phenoxy) is 1. The van der Waals surface area contributed by atoms with Crippen LogP contribution in [-0.4, -0.2) is 28.2 Å². The number of nitrogens with zero attached hydrogens (tertiary/aromatic N) is 3. The lowest BCUT2D eigenvalue weighted by Crippen LogP contribution is -2.01. The summed E-state index contributed by atoms with van der Waals surface area (Å²) >= 11 is 5.16. The zero-order valence-electron chi connectivity index (χ0n) is 9.18. The van der Waals surface area contributed by atoms with Gasteiger partial charge in [-0.25, -0.2) is 4.52 Å². The highest BCUT2D eigenvalue weighted by Crippen LogP contribution is 2.26. The van der Waals surface area contributed by atoms with E-state index in [4.69, 9.17) is 10.00 Å². The maximum atomic E-state index is 8.93. The van der Waals surface area contributed by atoms with Crippen LogP contribution in [0.15, 0.2) is 22.9 Å². The highest BCUT2D eigenvalue weighted by atomic mass is 79.9. The molecule has 2 rings (SSSR count). The standard InChI is InChI=1S/C11H10BrN3OS/c1-17-3-2-16-9-4-10(12)11-8(5-13)6-14-15(11)7-9/h4,6-7H,2-3H2,1H3. The van der Waals surface area contributed by atoms with Gasteiger partial charge in [0.1, 0.15) is 11.8 Å². The Balaban J connectivity index is 2.33. The molecule has 0 N–H and O–H groups in total. The summed E-state index contributed by atoms with van der Waals surface area (Å²) in [6.45, 7) is 0.658. The molecule has 2 aromatic heterocycles. The fraction of sp³-hybridized carbons (Fsp3) is 0.273. The van der Waals surface area contributed by atoms with Gasteiger partial charge in [-0.05, 0) is 28.3 Å². The van der Waals surface area contributed by atoms with Crippen molar-refractivity contribution in [3.8, 4) is 11.8 Å². The van der Waals surface area contributed by atoms with Crippen LogP contribution in [0.1, 0.15) is 5.56 Å². The average Bonchev–Trinajstić information content (AvgIpc) is 2.73. The van der Waals surface area contributed by atoms with Gasteiger partial charge in [-0.1, -0.05) is 0 Å². The molecule has 0 aromatic carbocycles. The molecule has 2 heterocycles. The van der Waals surface area contributed by atoms with Gasteiger partial charge in [0, 0.05) is 10.2 Å². The summed E-state index contributed by atoms with van der Waals surface area (Å²) in [6, 6.07) is 3.96. The smallest absolute Gasteiger partial charge is 0.138 e. The van der Waals surface area contributed by atoms with E-state index < -0.39 is 0 Å². The van der Waals surface area contributed by atoms with Gasteiger partial charge in [0.2, 0.25) is 0 Å². The molecule has 0 aliphatic carbocycles. The number of fused-ring (bicyclic) bond motifs is 1. The van der Waals surface area contributed by atoms with Gasteiger partial charge in [0.15, 0.2) is 0 Å². The maximum absolute atomic E-state index is 8.93.